The number of rotatable bonds is 8. The summed E-state index contributed by atoms with van der Waals surface area (Å²) in [5, 5.41) is 10.0. The van der Waals surface area contributed by atoms with Crippen LogP contribution in [0.1, 0.15) is 10.5 Å². The highest BCUT2D eigenvalue weighted by molar-refractivity contribution is 6.04. The van der Waals surface area contributed by atoms with E-state index in [9.17, 15) is 9.59 Å². The molecule has 0 aliphatic carbocycles. The zero-order valence-corrected chi connectivity index (χ0v) is 17.9. The number of nitrogens with one attached hydrogen (secondary N) is 2. The summed E-state index contributed by atoms with van der Waals surface area (Å²) in [5.41, 5.74) is 2.56. The Balaban J connectivity index is 1.54. The molecule has 0 saturated heterocycles. The van der Waals surface area contributed by atoms with Gasteiger partial charge in [-0.15, -0.1) is 0 Å². The van der Waals surface area contributed by atoms with Crippen LogP contribution in [0, 0.1) is 0 Å². The zero-order valence-electron chi connectivity index (χ0n) is 17.9. The van der Waals surface area contributed by atoms with Crippen LogP contribution in [0.3, 0.4) is 0 Å². The minimum atomic E-state index is -0.610. The third-order valence-electron chi connectivity index (χ3n) is 4.60. The number of hydrogen-bond acceptors (Lipinski definition) is 6. The average molecular weight is 446 g/mol. The molecular weight excluding hydrogens is 424 g/mol. The van der Waals surface area contributed by atoms with Gasteiger partial charge < -0.3 is 19.2 Å². The van der Waals surface area contributed by atoms with Crippen molar-refractivity contribution in [3.05, 3.63) is 84.8 Å². The molecule has 2 aromatic carbocycles. The van der Waals surface area contributed by atoms with Crippen LogP contribution < -0.4 is 10.6 Å². The summed E-state index contributed by atoms with van der Waals surface area (Å²) in [5.74, 6) is 0.181. The van der Waals surface area contributed by atoms with Crippen molar-refractivity contribution >= 4 is 23.4 Å². The monoisotopic (exact) mass is 446 g/mol. The summed E-state index contributed by atoms with van der Waals surface area (Å²) in [6.45, 7) is 0.443. The lowest BCUT2D eigenvalue weighted by molar-refractivity contribution is 0.101. The van der Waals surface area contributed by atoms with Gasteiger partial charge in [-0.25, -0.2) is 9.48 Å². The van der Waals surface area contributed by atoms with Crippen LogP contribution in [0.15, 0.2) is 83.5 Å². The van der Waals surface area contributed by atoms with E-state index in [1.54, 1.807) is 53.4 Å². The van der Waals surface area contributed by atoms with Gasteiger partial charge in [0.15, 0.2) is 5.76 Å². The summed E-state index contributed by atoms with van der Waals surface area (Å²) in [7, 11) is 1.52. The first kappa shape index (κ1) is 21.8. The van der Waals surface area contributed by atoms with E-state index in [4.69, 9.17) is 13.9 Å². The van der Waals surface area contributed by atoms with E-state index < -0.39 is 6.09 Å². The highest BCUT2D eigenvalue weighted by atomic mass is 16.6. The number of hydrogen-bond donors (Lipinski definition) is 2. The molecule has 9 heteroatoms. The third-order valence-corrected chi connectivity index (χ3v) is 4.60. The molecule has 4 rings (SSSR count). The molecule has 168 valence electrons. The van der Waals surface area contributed by atoms with Crippen molar-refractivity contribution in [3.8, 4) is 17.1 Å². The lowest BCUT2D eigenvalue weighted by Crippen LogP contribution is -2.18. The fraction of sp³-hybridized carbons (Fsp3) is 0.125. The normalized spacial score (nSPS) is 10.6. The number of aromatic nitrogens is 2. The molecule has 0 saturated carbocycles. The minimum absolute atomic E-state index is 0.139. The Hall–Kier alpha value is -4.37. The number of methoxy groups -OCH3 is 1. The van der Waals surface area contributed by atoms with Gasteiger partial charge in [0.05, 0.1) is 18.6 Å². The molecule has 0 aliphatic rings. The van der Waals surface area contributed by atoms with Crippen molar-refractivity contribution in [2.45, 2.75) is 0 Å². The molecule has 4 aromatic rings. The van der Waals surface area contributed by atoms with Crippen LogP contribution in [0.4, 0.5) is 16.2 Å². The quantitative estimate of drug-likeness (QED) is 0.384. The third kappa shape index (κ3) is 5.46. The molecule has 2 aromatic heterocycles. The molecule has 33 heavy (non-hydrogen) atoms. The van der Waals surface area contributed by atoms with Gasteiger partial charge in [0.2, 0.25) is 0 Å². The Morgan fingerprint density at radius 2 is 1.73 bits per heavy atom. The molecule has 0 aliphatic heterocycles. The molecule has 9 nitrogen and oxygen atoms in total. The topological polar surface area (TPSA) is 108 Å². The first-order valence-corrected chi connectivity index (χ1v) is 10.2. The molecule has 0 fully saturated rings. The molecular formula is C24H22N4O5. The van der Waals surface area contributed by atoms with Crippen molar-refractivity contribution in [1.29, 1.82) is 0 Å². The number of carbonyl (C=O) groups excluding carboxylic acids is 2. The van der Waals surface area contributed by atoms with E-state index >= 15 is 0 Å². The van der Waals surface area contributed by atoms with Crippen LogP contribution in [0.5, 0.6) is 0 Å². The molecule has 0 bridgehead atoms. The summed E-state index contributed by atoms with van der Waals surface area (Å²) in [6.07, 6.45) is 0.941. The summed E-state index contributed by atoms with van der Waals surface area (Å²) < 4.78 is 16.8. The largest absolute Gasteiger partial charge is 0.463 e. The predicted octanol–water partition coefficient (Wildman–Crippen LogP) is 4.58. The molecule has 2 N–H and O–H groups in total. The van der Waals surface area contributed by atoms with Gasteiger partial charge in [0, 0.05) is 24.6 Å². The number of anilines is 2. The summed E-state index contributed by atoms with van der Waals surface area (Å²) in [6, 6.07) is 21.3. The fourth-order valence-electron chi connectivity index (χ4n) is 3.10. The maximum Gasteiger partial charge on any atom is 0.411 e. The second kappa shape index (κ2) is 10.3. The van der Waals surface area contributed by atoms with Crippen LogP contribution in [0.25, 0.3) is 17.1 Å². The first-order chi connectivity index (χ1) is 16.1. The second-order valence-electron chi connectivity index (χ2n) is 6.93. The number of para-hydroxylation sites is 1. The van der Waals surface area contributed by atoms with Crippen molar-refractivity contribution in [3.63, 3.8) is 0 Å². The Bertz CT molecular complexity index is 1220. The number of furan rings is 1. The van der Waals surface area contributed by atoms with E-state index in [-0.39, 0.29) is 12.5 Å². The lowest BCUT2D eigenvalue weighted by Gasteiger charge is -2.10. The van der Waals surface area contributed by atoms with E-state index in [2.05, 4.69) is 15.7 Å². The van der Waals surface area contributed by atoms with Gasteiger partial charge in [-0.3, -0.25) is 10.1 Å². The number of amides is 2. The minimum Gasteiger partial charge on any atom is -0.463 e. The molecule has 0 radical (unpaired) electrons. The number of ether oxygens (including phenoxy) is 2. The van der Waals surface area contributed by atoms with Gasteiger partial charge in [0.25, 0.3) is 5.91 Å². The van der Waals surface area contributed by atoms with Gasteiger partial charge in [-0.05, 0) is 42.5 Å². The first-order valence-electron chi connectivity index (χ1n) is 10.2. The van der Waals surface area contributed by atoms with Crippen LogP contribution in [-0.4, -0.2) is 42.1 Å². The number of benzene rings is 2. The van der Waals surface area contributed by atoms with Gasteiger partial charge in [-0.1, -0.05) is 24.3 Å². The van der Waals surface area contributed by atoms with E-state index in [0.29, 0.717) is 35.1 Å². The van der Waals surface area contributed by atoms with Gasteiger partial charge >= 0.3 is 6.09 Å². The van der Waals surface area contributed by atoms with Crippen molar-refractivity contribution in [2.24, 2.45) is 0 Å². The zero-order chi connectivity index (χ0) is 23.0. The summed E-state index contributed by atoms with van der Waals surface area (Å²) >= 11 is 0. The van der Waals surface area contributed by atoms with Crippen molar-refractivity contribution < 1.29 is 23.5 Å². The second-order valence-corrected chi connectivity index (χ2v) is 6.93. The predicted molar refractivity (Wildman–Crippen MR) is 123 cm³/mol. The van der Waals surface area contributed by atoms with Crippen LogP contribution >= 0.6 is 0 Å². The molecule has 0 atom stereocenters. The van der Waals surface area contributed by atoms with Gasteiger partial charge in [-0.2, -0.15) is 5.10 Å². The molecule has 2 heterocycles. The van der Waals surface area contributed by atoms with Crippen molar-refractivity contribution in [2.75, 3.05) is 31.0 Å². The Labute approximate surface area is 189 Å². The van der Waals surface area contributed by atoms with E-state index in [0.717, 1.165) is 5.69 Å². The van der Waals surface area contributed by atoms with Crippen molar-refractivity contribution in [1.82, 2.24) is 9.78 Å². The Morgan fingerprint density at radius 3 is 2.45 bits per heavy atom. The molecule has 0 spiro atoms. The fourth-order valence-corrected chi connectivity index (χ4v) is 3.10. The SMILES string of the molecule is COCCOC(=O)Nc1cccc(NC(=O)c2cc(-c3ccco3)nn2-c2ccccc2)c1. The number of carbonyl (C=O) groups is 2. The highest BCUT2D eigenvalue weighted by Crippen LogP contribution is 2.23. The molecule has 2 amide bonds. The molecule has 0 unspecified atom stereocenters. The maximum atomic E-state index is 13.2. The lowest BCUT2D eigenvalue weighted by atomic mass is 10.2. The Morgan fingerprint density at radius 1 is 0.939 bits per heavy atom. The van der Waals surface area contributed by atoms with E-state index in [1.807, 2.05) is 30.3 Å². The Kier molecular flexibility index (Phi) is 6.81. The van der Waals surface area contributed by atoms with Crippen LogP contribution in [-0.2, 0) is 9.47 Å². The van der Waals surface area contributed by atoms with Crippen LogP contribution in [0.2, 0.25) is 0 Å². The number of nitrogens with zero attached hydrogens (tertiary/aromatic N) is 2. The van der Waals surface area contributed by atoms with Gasteiger partial charge in [0.1, 0.15) is 18.0 Å². The standard InChI is InChI=1S/C24H22N4O5/c1-31-13-14-33-24(30)26-18-8-5-7-17(15-18)25-23(29)21-16-20(22-11-6-12-32-22)27-28(21)19-9-3-2-4-10-19/h2-12,15-16H,13-14H2,1H3,(H,25,29)(H,26,30). The van der Waals surface area contributed by atoms with E-state index in [1.165, 1.54) is 7.11 Å². The highest BCUT2D eigenvalue weighted by Gasteiger charge is 2.19. The summed E-state index contributed by atoms with van der Waals surface area (Å²) in [4.78, 5) is 25.0. The maximum absolute atomic E-state index is 13.2. The average Bonchev–Trinajstić information content (AvgIpc) is 3.50. The smallest absolute Gasteiger partial charge is 0.411 e.